The zero-order valence-corrected chi connectivity index (χ0v) is 20.9. The zero-order valence-electron chi connectivity index (χ0n) is 19.4. The van der Waals surface area contributed by atoms with E-state index in [1.165, 1.54) is 49.8 Å². The maximum absolute atomic E-state index is 13.1. The van der Waals surface area contributed by atoms with Crippen LogP contribution in [0.4, 0.5) is 5.69 Å². The summed E-state index contributed by atoms with van der Waals surface area (Å²) in [6.45, 7) is -0.537. The minimum Gasteiger partial charge on any atom is -0.507 e. The quantitative estimate of drug-likeness (QED) is 0.415. The van der Waals surface area contributed by atoms with Gasteiger partial charge in [-0.2, -0.15) is 0 Å². The molecular weight excluding hydrogens is 523 g/mol. The monoisotopic (exact) mass is 540 g/mol. The summed E-state index contributed by atoms with van der Waals surface area (Å²) in [7, 11) is 2.99. The van der Waals surface area contributed by atoms with Crippen molar-refractivity contribution >= 4 is 59.2 Å². The topological polar surface area (TPSA) is 130 Å². The number of phenolic OH excluding ortho intramolecular Hbond substituents is 1. The zero-order chi connectivity index (χ0) is 27.3. The van der Waals surface area contributed by atoms with Crippen LogP contribution >= 0.6 is 23.2 Å². The highest BCUT2D eigenvalue weighted by Crippen LogP contribution is 2.33. The molecule has 3 rings (SSSR count). The Morgan fingerprint density at radius 1 is 0.946 bits per heavy atom. The van der Waals surface area contributed by atoms with Crippen LogP contribution in [0.25, 0.3) is 11.1 Å². The molecule has 0 heterocycles. The predicted molar refractivity (Wildman–Crippen MR) is 137 cm³/mol. The van der Waals surface area contributed by atoms with Crippen molar-refractivity contribution in [3.05, 3.63) is 80.8 Å². The van der Waals surface area contributed by atoms with Gasteiger partial charge in [-0.25, -0.2) is 4.79 Å². The third-order valence-corrected chi connectivity index (χ3v) is 5.70. The number of hydrogen-bond acceptors (Lipinski definition) is 7. The summed E-state index contributed by atoms with van der Waals surface area (Å²) < 4.78 is 5.09. The van der Waals surface area contributed by atoms with E-state index < -0.39 is 30.1 Å². The number of benzene rings is 3. The number of likely N-dealkylation sites (N-methyl/N-ethyl adjacent to an activating group) is 1. The van der Waals surface area contributed by atoms with Gasteiger partial charge in [0.2, 0.25) is 12.6 Å². The minimum atomic E-state index is -0.908. The number of halogens is 2. The summed E-state index contributed by atoms with van der Waals surface area (Å²) in [5, 5.41) is 13.0. The molecule has 0 aliphatic heterocycles. The molecule has 0 aromatic heterocycles. The van der Waals surface area contributed by atoms with E-state index in [0.717, 1.165) is 12.1 Å². The number of amides is 2. The van der Waals surface area contributed by atoms with Gasteiger partial charge in [-0.05, 0) is 42.0 Å². The maximum atomic E-state index is 13.1. The van der Waals surface area contributed by atoms with Gasteiger partial charge >= 0.3 is 5.97 Å². The van der Waals surface area contributed by atoms with Crippen molar-refractivity contribution < 1.29 is 33.8 Å². The maximum Gasteiger partial charge on any atom is 0.340 e. The Kier molecular flexibility index (Phi) is 8.65. The first-order valence-electron chi connectivity index (χ1n) is 10.5. The van der Waals surface area contributed by atoms with E-state index in [9.17, 15) is 29.1 Å². The van der Waals surface area contributed by atoms with Crippen molar-refractivity contribution in [3.8, 4) is 16.9 Å². The first-order chi connectivity index (χ1) is 17.5. The van der Waals surface area contributed by atoms with E-state index in [4.69, 9.17) is 27.9 Å². The van der Waals surface area contributed by atoms with E-state index in [0.29, 0.717) is 21.2 Å². The van der Waals surface area contributed by atoms with Gasteiger partial charge in [0, 0.05) is 35.3 Å². The van der Waals surface area contributed by atoms with Crippen LogP contribution in [0.3, 0.4) is 0 Å². The lowest BCUT2D eigenvalue weighted by molar-refractivity contribution is -0.131. The molecule has 9 nitrogen and oxygen atoms in total. The second-order valence-corrected chi connectivity index (χ2v) is 8.67. The lowest BCUT2D eigenvalue weighted by Gasteiger charge is -2.15. The number of esters is 1. The summed E-state index contributed by atoms with van der Waals surface area (Å²) in [6, 6.07) is 11.0. The van der Waals surface area contributed by atoms with Crippen LogP contribution in [-0.4, -0.2) is 61.1 Å². The van der Waals surface area contributed by atoms with Crippen LogP contribution < -0.4 is 5.32 Å². The first kappa shape index (κ1) is 27.4. The number of nitrogens with one attached hydrogen (secondary N) is 1. The highest BCUT2D eigenvalue weighted by molar-refractivity contribution is 6.36. The van der Waals surface area contributed by atoms with Gasteiger partial charge in [-0.1, -0.05) is 35.3 Å². The lowest BCUT2D eigenvalue weighted by Crippen LogP contribution is -2.28. The number of carbonyl (C=O) groups is 3. The molecule has 188 valence electrons. The second kappa shape index (κ2) is 11.7. The molecule has 0 atom stereocenters. The number of aromatic hydroxyl groups is 1. The van der Waals surface area contributed by atoms with Gasteiger partial charge in [-0.15, -0.1) is 0 Å². The minimum absolute atomic E-state index is 0.0441. The van der Waals surface area contributed by atoms with Gasteiger partial charge < -0.3 is 20.1 Å². The Morgan fingerprint density at radius 3 is 2.27 bits per heavy atom. The van der Waals surface area contributed by atoms with Crippen molar-refractivity contribution in [2.24, 2.45) is 0 Å². The molecule has 0 fully saturated rings. The molecule has 0 unspecified atom stereocenters. The van der Waals surface area contributed by atoms with Gasteiger partial charge in [0.15, 0.2) is 6.61 Å². The van der Waals surface area contributed by atoms with Crippen molar-refractivity contribution in [1.29, 1.82) is 0 Å². The van der Waals surface area contributed by atoms with Crippen molar-refractivity contribution in [3.63, 3.8) is 0 Å². The van der Waals surface area contributed by atoms with Crippen LogP contribution in [0.2, 0.25) is 10.0 Å². The van der Waals surface area contributed by atoms with Gasteiger partial charge in [0.05, 0.1) is 22.4 Å². The van der Waals surface area contributed by atoms with E-state index in [1.807, 2.05) is 0 Å². The third-order valence-electron chi connectivity index (χ3n) is 5.16. The highest BCUT2D eigenvalue weighted by Gasteiger charge is 2.21. The number of ether oxygens (including phenoxy) is 1. The molecule has 11 heteroatoms. The van der Waals surface area contributed by atoms with Crippen LogP contribution in [0.5, 0.6) is 5.75 Å². The van der Waals surface area contributed by atoms with Gasteiger partial charge in [0.1, 0.15) is 5.75 Å². The van der Waals surface area contributed by atoms with Crippen molar-refractivity contribution in [1.82, 2.24) is 4.90 Å². The van der Waals surface area contributed by atoms with E-state index in [-0.39, 0.29) is 27.9 Å². The van der Waals surface area contributed by atoms with Crippen molar-refractivity contribution in [2.75, 3.05) is 26.0 Å². The Hall–Kier alpha value is -4.21. The smallest absolute Gasteiger partial charge is 0.340 e. The number of carbonyl (C=O) groups excluding carboxylic acids is 5. The van der Waals surface area contributed by atoms with E-state index in [2.05, 4.69) is 5.32 Å². The third kappa shape index (κ3) is 6.32. The molecule has 0 aliphatic rings. The molecule has 0 aliphatic carbocycles. The molecule has 0 spiro atoms. The predicted octanol–water partition coefficient (Wildman–Crippen LogP) is 3.78. The van der Waals surface area contributed by atoms with Crippen LogP contribution in [0.15, 0.2) is 48.5 Å². The standard InChI is InChI=1S/C26H18Cl2N2O7/c1-30(2)24(34)13-37-26(36)19-5-3-14(18-6-4-17(27)10-21(18)28)8-22(19)29-25(35)20-7-16(12-32)23(33)9-15(20)11-31/h3-10,33H,13H2,1-2H3,(H,29,35). The number of rotatable bonds is 8. The largest absolute Gasteiger partial charge is 0.507 e. The summed E-state index contributed by atoms with van der Waals surface area (Å²) in [4.78, 5) is 61.5. The summed E-state index contributed by atoms with van der Waals surface area (Å²) in [6.07, 6.45) is 2.99. The Morgan fingerprint density at radius 2 is 1.65 bits per heavy atom. The molecule has 0 saturated heterocycles. The molecule has 3 aromatic carbocycles. The molecule has 0 saturated carbocycles. The molecule has 2 radical (unpaired) electrons. The normalized spacial score (nSPS) is 10.4. The van der Waals surface area contributed by atoms with Gasteiger partial charge in [0.25, 0.3) is 11.8 Å². The lowest BCUT2D eigenvalue weighted by atomic mass is 10.0. The fourth-order valence-corrected chi connectivity index (χ4v) is 3.70. The number of anilines is 1. The first-order valence-corrected chi connectivity index (χ1v) is 11.2. The average Bonchev–Trinajstić information content (AvgIpc) is 2.86. The molecule has 2 N–H and O–H groups in total. The molecule has 0 bridgehead atoms. The second-order valence-electron chi connectivity index (χ2n) is 7.82. The highest BCUT2D eigenvalue weighted by atomic mass is 35.5. The summed E-state index contributed by atoms with van der Waals surface area (Å²) >= 11 is 12.3. The van der Waals surface area contributed by atoms with Crippen LogP contribution in [-0.2, 0) is 19.1 Å². The number of phenols is 1. The molecule has 37 heavy (non-hydrogen) atoms. The SMILES string of the molecule is CN(C)C(=O)COC(=O)c1ccc(-c2ccc(Cl)cc2Cl)cc1NC(=O)c1cc([C]=O)c(O)cc1[C]=O. The fourth-order valence-electron chi connectivity index (χ4n) is 3.18. The van der Waals surface area contributed by atoms with Crippen LogP contribution in [0, 0.1) is 0 Å². The van der Waals surface area contributed by atoms with Crippen LogP contribution in [0.1, 0.15) is 31.8 Å². The van der Waals surface area contributed by atoms with Crippen molar-refractivity contribution in [2.45, 2.75) is 0 Å². The fraction of sp³-hybridized carbons (Fsp3) is 0.115. The summed E-state index contributed by atoms with van der Waals surface area (Å²) in [5.74, 6) is -2.82. The number of nitrogens with zero attached hydrogens (tertiary/aromatic N) is 1. The van der Waals surface area contributed by atoms with Gasteiger partial charge in [-0.3, -0.25) is 19.2 Å². The summed E-state index contributed by atoms with van der Waals surface area (Å²) in [5.41, 5.74) is -0.104. The Bertz CT molecular complexity index is 1420. The molecule has 3 aromatic rings. The molecule has 2 amide bonds. The van der Waals surface area contributed by atoms with E-state index >= 15 is 0 Å². The molecular formula is C26H18Cl2N2O7. The number of hydrogen-bond donors (Lipinski definition) is 2. The van der Waals surface area contributed by atoms with E-state index in [1.54, 1.807) is 18.2 Å². The Balaban J connectivity index is 2.06. The Labute approximate surface area is 221 Å². The average molecular weight is 541 g/mol.